The molecule has 4 rings (SSSR count). The Morgan fingerprint density at radius 1 is 1.18 bits per heavy atom. The van der Waals surface area contributed by atoms with Crippen LogP contribution in [0, 0.1) is 6.92 Å². The maximum atomic E-state index is 13.1. The van der Waals surface area contributed by atoms with Gasteiger partial charge in [0.2, 0.25) is 16.9 Å². The van der Waals surface area contributed by atoms with Gasteiger partial charge in [-0.15, -0.1) is 10.2 Å². The molecule has 174 valence electrons. The normalized spacial score (nSPS) is 14.8. The highest BCUT2D eigenvalue weighted by atomic mass is 32.2. The SMILES string of the molecule is CC[C@H](C(=O)N1CCN(c2nnc(SCC(=O)Nc3cc(C)on3)s2)CC1)c1ccccc1. The fraction of sp³-hybridized carbons (Fsp3) is 0.409. The number of hydrogen-bond donors (Lipinski definition) is 1. The first-order chi connectivity index (χ1) is 16.0. The fourth-order valence-electron chi connectivity index (χ4n) is 3.70. The monoisotopic (exact) mass is 486 g/mol. The number of rotatable bonds is 8. The average molecular weight is 487 g/mol. The van der Waals surface area contributed by atoms with Gasteiger partial charge in [-0.05, 0) is 18.9 Å². The second-order valence-corrected chi connectivity index (χ2v) is 9.87. The van der Waals surface area contributed by atoms with Crippen LogP contribution in [0.2, 0.25) is 0 Å². The molecular formula is C22H26N6O3S2. The predicted molar refractivity (Wildman–Crippen MR) is 129 cm³/mol. The predicted octanol–water partition coefficient (Wildman–Crippen LogP) is 3.41. The Bertz CT molecular complexity index is 1080. The number of thioether (sulfide) groups is 1. The largest absolute Gasteiger partial charge is 0.360 e. The topological polar surface area (TPSA) is 104 Å². The molecule has 9 nitrogen and oxygen atoms in total. The van der Waals surface area contributed by atoms with Gasteiger partial charge in [-0.25, -0.2) is 0 Å². The molecule has 1 aromatic carbocycles. The first-order valence-corrected chi connectivity index (χ1v) is 12.6. The Balaban J connectivity index is 1.26. The van der Waals surface area contributed by atoms with Crippen LogP contribution in [0.1, 0.15) is 30.6 Å². The Morgan fingerprint density at radius 2 is 1.94 bits per heavy atom. The zero-order valence-electron chi connectivity index (χ0n) is 18.6. The lowest BCUT2D eigenvalue weighted by molar-refractivity contribution is -0.133. The van der Waals surface area contributed by atoms with Crippen molar-refractivity contribution in [3.63, 3.8) is 0 Å². The summed E-state index contributed by atoms with van der Waals surface area (Å²) in [5.74, 6) is 1.15. The highest BCUT2D eigenvalue weighted by molar-refractivity contribution is 8.01. The third-order valence-corrected chi connectivity index (χ3v) is 7.51. The fourth-order valence-corrected chi connectivity index (χ4v) is 5.39. The molecule has 1 aliphatic rings. The second-order valence-electron chi connectivity index (χ2n) is 7.69. The number of benzene rings is 1. The number of aromatic nitrogens is 3. The summed E-state index contributed by atoms with van der Waals surface area (Å²) in [7, 11) is 0. The molecule has 1 aliphatic heterocycles. The molecule has 0 spiro atoms. The molecule has 1 fully saturated rings. The van der Waals surface area contributed by atoms with E-state index in [1.807, 2.05) is 35.2 Å². The number of piperazine rings is 1. The minimum absolute atomic E-state index is 0.102. The van der Waals surface area contributed by atoms with Crippen LogP contribution in [-0.2, 0) is 9.59 Å². The van der Waals surface area contributed by atoms with E-state index in [0.717, 1.165) is 21.5 Å². The van der Waals surface area contributed by atoms with Crippen LogP contribution < -0.4 is 10.2 Å². The Kier molecular flexibility index (Phi) is 7.61. The molecule has 2 aromatic heterocycles. The molecule has 2 amide bonds. The number of amides is 2. The second kappa shape index (κ2) is 10.8. The van der Waals surface area contributed by atoms with Crippen LogP contribution in [-0.4, -0.2) is 64.0 Å². The van der Waals surface area contributed by atoms with Gasteiger partial charge in [0.05, 0.1) is 11.7 Å². The first-order valence-electron chi connectivity index (χ1n) is 10.8. The van der Waals surface area contributed by atoms with E-state index in [-0.39, 0.29) is 23.5 Å². The quantitative estimate of drug-likeness (QED) is 0.483. The number of nitrogens with one attached hydrogen (secondary N) is 1. The van der Waals surface area contributed by atoms with Crippen molar-refractivity contribution >= 4 is 45.9 Å². The van der Waals surface area contributed by atoms with Crippen LogP contribution in [0.15, 0.2) is 45.3 Å². The number of aryl methyl sites for hydroxylation is 1. The zero-order chi connectivity index (χ0) is 23.2. The molecule has 0 saturated carbocycles. The maximum absolute atomic E-state index is 13.1. The summed E-state index contributed by atoms with van der Waals surface area (Å²) >= 11 is 2.79. The minimum Gasteiger partial charge on any atom is -0.360 e. The third kappa shape index (κ3) is 5.91. The van der Waals surface area contributed by atoms with Gasteiger partial charge >= 0.3 is 0 Å². The van der Waals surface area contributed by atoms with E-state index in [4.69, 9.17) is 4.52 Å². The Labute approximate surface area is 200 Å². The van der Waals surface area contributed by atoms with E-state index in [2.05, 4.69) is 32.5 Å². The highest BCUT2D eigenvalue weighted by Gasteiger charge is 2.28. The van der Waals surface area contributed by atoms with Crippen molar-refractivity contribution in [3.8, 4) is 0 Å². The number of hydrogen-bond acceptors (Lipinski definition) is 9. The number of carbonyl (C=O) groups excluding carboxylic acids is 2. The molecule has 33 heavy (non-hydrogen) atoms. The van der Waals surface area contributed by atoms with E-state index in [1.54, 1.807) is 13.0 Å². The van der Waals surface area contributed by atoms with E-state index in [1.165, 1.54) is 23.1 Å². The summed E-state index contributed by atoms with van der Waals surface area (Å²) in [5, 5.41) is 15.7. The van der Waals surface area contributed by atoms with Crippen molar-refractivity contribution < 1.29 is 14.1 Å². The summed E-state index contributed by atoms with van der Waals surface area (Å²) in [6, 6.07) is 11.6. The molecule has 1 saturated heterocycles. The summed E-state index contributed by atoms with van der Waals surface area (Å²) in [4.78, 5) is 29.3. The minimum atomic E-state index is -0.180. The van der Waals surface area contributed by atoms with Crippen molar-refractivity contribution in [2.45, 2.75) is 30.5 Å². The van der Waals surface area contributed by atoms with Gasteiger partial charge in [0, 0.05) is 32.2 Å². The lowest BCUT2D eigenvalue weighted by atomic mass is 9.95. The molecule has 0 aliphatic carbocycles. The zero-order valence-corrected chi connectivity index (χ0v) is 20.2. The van der Waals surface area contributed by atoms with Crippen molar-refractivity contribution in [3.05, 3.63) is 47.7 Å². The van der Waals surface area contributed by atoms with Crippen molar-refractivity contribution in [1.29, 1.82) is 0 Å². The molecule has 1 atom stereocenters. The molecule has 11 heteroatoms. The van der Waals surface area contributed by atoms with Crippen LogP contribution in [0.25, 0.3) is 0 Å². The van der Waals surface area contributed by atoms with Crippen LogP contribution in [0.5, 0.6) is 0 Å². The smallest absolute Gasteiger partial charge is 0.236 e. The Morgan fingerprint density at radius 3 is 2.61 bits per heavy atom. The maximum Gasteiger partial charge on any atom is 0.236 e. The Hall–Kier alpha value is -2.92. The molecule has 3 heterocycles. The van der Waals surface area contributed by atoms with Gasteiger partial charge in [-0.2, -0.15) is 0 Å². The van der Waals surface area contributed by atoms with E-state index in [9.17, 15) is 9.59 Å². The van der Waals surface area contributed by atoms with Gasteiger partial charge in [-0.1, -0.05) is 65.5 Å². The van der Waals surface area contributed by atoms with Crippen LogP contribution in [0.4, 0.5) is 10.9 Å². The van der Waals surface area contributed by atoms with Crippen molar-refractivity contribution in [1.82, 2.24) is 20.3 Å². The van der Waals surface area contributed by atoms with E-state index >= 15 is 0 Å². The molecule has 1 N–H and O–H groups in total. The average Bonchev–Trinajstić information content (AvgIpc) is 3.48. The van der Waals surface area contributed by atoms with E-state index < -0.39 is 0 Å². The molecular weight excluding hydrogens is 460 g/mol. The van der Waals surface area contributed by atoms with Crippen molar-refractivity contribution in [2.24, 2.45) is 0 Å². The third-order valence-electron chi connectivity index (χ3n) is 5.39. The first kappa shape index (κ1) is 23.2. The standard InChI is InChI=1S/C22H26N6O3S2/c1-3-17(16-7-5-4-6-8-16)20(30)27-9-11-28(12-10-27)21-24-25-22(33-21)32-14-19(29)23-18-13-15(2)31-26-18/h4-8,13,17H,3,9-12,14H2,1-2H3,(H,23,26,29)/t17-/m0/s1. The van der Waals surface area contributed by atoms with Crippen LogP contribution in [0.3, 0.4) is 0 Å². The van der Waals surface area contributed by atoms with Crippen LogP contribution >= 0.6 is 23.1 Å². The van der Waals surface area contributed by atoms with Gasteiger partial charge < -0.3 is 19.6 Å². The highest BCUT2D eigenvalue weighted by Crippen LogP contribution is 2.29. The number of nitrogens with zero attached hydrogens (tertiary/aromatic N) is 5. The van der Waals surface area contributed by atoms with Gasteiger partial charge in [-0.3, -0.25) is 9.59 Å². The number of anilines is 2. The van der Waals surface area contributed by atoms with Gasteiger partial charge in [0.1, 0.15) is 5.76 Å². The van der Waals surface area contributed by atoms with E-state index in [0.29, 0.717) is 37.8 Å². The van der Waals surface area contributed by atoms with Gasteiger partial charge in [0.25, 0.3) is 0 Å². The molecule has 0 unspecified atom stereocenters. The van der Waals surface area contributed by atoms with Crippen molar-refractivity contribution in [2.75, 3.05) is 42.1 Å². The molecule has 0 bridgehead atoms. The molecule has 3 aromatic rings. The lowest BCUT2D eigenvalue weighted by Gasteiger charge is -2.36. The lowest BCUT2D eigenvalue weighted by Crippen LogP contribution is -2.50. The summed E-state index contributed by atoms with van der Waals surface area (Å²) in [5.41, 5.74) is 1.07. The number of carbonyl (C=O) groups is 2. The van der Waals surface area contributed by atoms with Gasteiger partial charge in [0.15, 0.2) is 10.2 Å². The summed E-state index contributed by atoms with van der Waals surface area (Å²) in [6.45, 7) is 6.55. The summed E-state index contributed by atoms with van der Waals surface area (Å²) < 4.78 is 5.67. The summed E-state index contributed by atoms with van der Waals surface area (Å²) in [6.07, 6.45) is 0.782. The molecule has 0 radical (unpaired) electrons.